The summed E-state index contributed by atoms with van der Waals surface area (Å²) in [5, 5.41) is 9.65. The van der Waals surface area contributed by atoms with Crippen LogP contribution in [0.25, 0.3) is 0 Å². The van der Waals surface area contributed by atoms with E-state index in [0.29, 0.717) is 27.0 Å². The van der Waals surface area contributed by atoms with E-state index < -0.39 is 28.0 Å². The third-order valence-electron chi connectivity index (χ3n) is 5.49. The van der Waals surface area contributed by atoms with Gasteiger partial charge in [-0.2, -0.15) is 0 Å². The van der Waals surface area contributed by atoms with Gasteiger partial charge in [0.2, 0.25) is 5.91 Å². The standard InChI is InChI=1S/C24H18Cl5N3O2.ClH/c1-30-15-2-4-16(5-3-15)31-22(33)18-11-17(6-7-19(18)27)32-23(34)21-20(24(21,28)29)12-8-13(25)10-14(26)9-12;/h2-11,20-21,30H,1H3,(H,31,33)(H,32,34);1H/t20-,21+;/m1./s1. The Balaban J connectivity index is 0.00000342. The average molecular weight is 594 g/mol. The fourth-order valence-corrected chi connectivity index (χ4v) is 5.31. The van der Waals surface area contributed by atoms with Crippen LogP contribution in [0.4, 0.5) is 17.1 Å². The van der Waals surface area contributed by atoms with Crippen molar-refractivity contribution in [3.8, 4) is 0 Å². The first-order valence-corrected chi connectivity index (χ1v) is 12.0. The van der Waals surface area contributed by atoms with E-state index in [-0.39, 0.29) is 23.0 Å². The Morgan fingerprint density at radius 1 is 0.800 bits per heavy atom. The summed E-state index contributed by atoms with van der Waals surface area (Å²) < 4.78 is -1.32. The number of amides is 2. The van der Waals surface area contributed by atoms with Gasteiger partial charge in [0.15, 0.2) is 0 Å². The van der Waals surface area contributed by atoms with Gasteiger partial charge in [-0.3, -0.25) is 9.59 Å². The minimum absolute atomic E-state index is 0. The van der Waals surface area contributed by atoms with E-state index in [1.165, 1.54) is 12.1 Å². The van der Waals surface area contributed by atoms with Crippen molar-refractivity contribution in [2.24, 2.45) is 5.92 Å². The van der Waals surface area contributed by atoms with Crippen LogP contribution in [-0.4, -0.2) is 23.2 Å². The first-order valence-electron chi connectivity index (χ1n) is 10.1. The zero-order chi connectivity index (χ0) is 24.6. The van der Waals surface area contributed by atoms with Crippen LogP contribution in [0.1, 0.15) is 21.8 Å². The molecule has 3 aromatic rings. The topological polar surface area (TPSA) is 70.2 Å². The van der Waals surface area contributed by atoms with Gasteiger partial charge in [0, 0.05) is 40.1 Å². The zero-order valence-corrected chi connectivity index (χ0v) is 22.6. The highest BCUT2D eigenvalue weighted by molar-refractivity contribution is 6.53. The van der Waals surface area contributed by atoms with E-state index in [9.17, 15) is 9.59 Å². The molecule has 0 heterocycles. The fraction of sp³-hybridized carbons (Fsp3) is 0.167. The lowest BCUT2D eigenvalue weighted by molar-refractivity contribution is -0.117. The second-order valence-corrected chi connectivity index (χ2v) is 10.5. The van der Waals surface area contributed by atoms with Crippen LogP contribution in [0.3, 0.4) is 0 Å². The van der Waals surface area contributed by atoms with Crippen molar-refractivity contribution in [1.29, 1.82) is 0 Å². The first kappa shape index (κ1) is 27.7. The van der Waals surface area contributed by atoms with Gasteiger partial charge in [-0.05, 0) is 66.2 Å². The molecule has 1 saturated carbocycles. The predicted molar refractivity (Wildman–Crippen MR) is 148 cm³/mol. The Labute approximate surface area is 233 Å². The number of rotatable bonds is 6. The lowest BCUT2D eigenvalue weighted by Crippen LogP contribution is -2.18. The molecule has 184 valence electrons. The lowest BCUT2D eigenvalue weighted by Gasteiger charge is -2.11. The summed E-state index contributed by atoms with van der Waals surface area (Å²) in [6.45, 7) is 0. The van der Waals surface area contributed by atoms with Gasteiger partial charge >= 0.3 is 0 Å². The van der Waals surface area contributed by atoms with Crippen molar-refractivity contribution in [1.82, 2.24) is 0 Å². The summed E-state index contributed by atoms with van der Waals surface area (Å²) in [5.41, 5.74) is 2.76. The smallest absolute Gasteiger partial charge is 0.257 e. The van der Waals surface area contributed by atoms with Crippen molar-refractivity contribution < 1.29 is 9.59 Å². The number of carbonyl (C=O) groups excluding carboxylic acids is 2. The third-order valence-corrected chi connectivity index (χ3v) is 7.20. The molecule has 0 saturated heterocycles. The highest BCUT2D eigenvalue weighted by Crippen LogP contribution is 2.65. The highest BCUT2D eigenvalue weighted by atomic mass is 35.5. The van der Waals surface area contributed by atoms with Crippen molar-refractivity contribution in [3.05, 3.63) is 86.9 Å². The summed E-state index contributed by atoms with van der Waals surface area (Å²) in [6, 6.07) is 16.8. The molecular formula is C24H19Cl6N3O2. The Hall–Kier alpha value is -1.86. The number of carbonyl (C=O) groups is 2. The number of hydrogen-bond donors (Lipinski definition) is 3. The third kappa shape index (κ3) is 6.11. The van der Waals surface area contributed by atoms with Crippen LogP contribution in [0, 0.1) is 5.92 Å². The summed E-state index contributed by atoms with van der Waals surface area (Å²) >= 11 is 31.3. The van der Waals surface area contributed by atoms with E-state index in [0.717, 1.165) is 5.69 Å². The number of benzene rings is 3. The quantitative estimate of drug-likeness (QED) is 0.255. The molecule has 0 aromatic heterocycles. The molecule has 4 rings (SSSR count). The second-order valence-electron chi connectivity index (χ2n) is 7.80. The van der Waals surface area contributed by atoms with E-state index in [2.05, 4.69) is 16.0 Å². The summed E-state index contributed by atoms with van der Waals surface area (Å²) in [6.07, 6.45) is 0. The largest absolute Gasteiger partial charge is 0.388 e. The summed E-state index contributed by atoms with van der Waals surface area (Å²) in [5.74, 6) is -2.03. The van der Waals surface area contributed by atoms with E-state index in [1.807, 2.05) is 12.1 Å². The molecule has 3 aromatic carbocycles. The van der Waals surface area contributed by atoms with Crippen LogP contribution < -0.4 is 16.0 Å². The molecule has 0 radical (unpaired) electrons. The number of nitrogens with one attached hydrogen (secondary N) is 3. The number of hydrogen-bond acceptors (Lipinski definition) is 3. The van der Waals surface area contributed by atoms with Gasteiger partial charge in [0.1, 0.15) is 4.33 Å². The zero-order valence-electron chi connectivity index (χ0n) is 18.0. The lowest BCUT2D eigenvalue weighted by atomic mass is 10.1. The second kappa shape index (κ2) is 11.0. The number of alkyl halides is 2. The molecule has 0 unspecified atom stereocenters. The number of halogens is 6. The molecule has 1 aliphatic carbocycles. The molecule has 2 amide bonds. The van der Waals surface area contributed by atoms with Gasteiger partial charge < -0.3 is 16.0 Å². The Bertz CT molecular complexity index is 1250. The van der Waals surface area contributed by atoms with Gasteiger partial charge in [0.05, 0.1) is 16.5 Å². The van der Waals surface area contributed by atoms with Crippen LogP contribution in [0.2, 0.25) is 15.1 Å². The van der Waals surface area contributed by atoms with Gasteiger partial charge in [-0.15, -0.1) is 35.6 Å². The average Bonchev–Trinajstić information content (AvgIpc) is 3.37. The maximum Gasteiger partial charge on any atom is 0.257 e. The molecule has 3 N–H and O–H groups in total. The summed E-state index contributed by atoms with van der Waals surface area (Å²) in [7, 11) is 1.81. The molecule has 2 atom stereocenters. The molecule has 0 spiro atoms. The molecule has 11 heteroatoms. The van der Waals surface area contributed by atoms with Crippen LogP contribution in [0.15, 0.2) is 60.7 Å². The van der Waals surface area contributed by atoms with Crippen molar-refractivity contribution in [2.45, 2.75) is 10.3 Å². The maximum atomic E-state index is 13.0. The SMILES string of the molecule is CNc1ccc(NC(=O)c2cc(NC(=O)[C@@H]3[C@@H](c4cc(Cl)cc(Cl)c4)C3(Cl)Cl)ccc2Cl)cc1.Cl. The van der Waals surface area contributed by atoms with Crippen LogP contribution in [0.5, 0.6) is 0 Å². The van der Waals surface area contributed by atoms with E-state index in [1.54, 1.807) is 43.4 Å². The van der Waals surface area contributed by atoms with Crippen LogP contribution in [-0.2, 0) is 4.79 Å². The number of anilines is 3. The monoisotopic (exact) mass is 591 g/mol. The Morgan fingerprint density at radius 2 is 1.37 bits per heavy atom. The first-order chi connectivity index (χ1) is 16.1. The van der Waals surface area contributed by atoms with E-state index in [4.69, 9.17) is 58.0 Å². The molecular weight excluding hydrogens is 575 g/mol. The molecule has 1 aliphatic rings. The fourth-order valence-electron chi connectivity index (χ4n) is 3.74. The van der Waals surface area contributed by atoms with Crippen LogP contribution >= 0.6 is 70.4 Å². The van der Waals surface area contributed by atoms with Gasteiger partial charge in [0.25, 0.3) is 5.91 Å². The molecule has 0 bridgehead atoms. The molecule has 0 aliphatic heterocycles. The Kier molecular flexibility index (Phi) is 8.74. The van der Waals surface area contributed by atoms with Crippen molar-refractivity contribution >= 4 is 99.3 Å². The van der Waals surface area contributed by atoms with Gasteiger partial charge in [-0.1, -0.05) is 34.8 Å². The molecule has 35 heavy (non-hydrogen) atoms. The van der Waals surface area contributed by atoms with E-state index >= 15 is 0 Å². The van der Waals surface area contributed by atoms with Gasteiger partial charge in [-0.25, -0.2) is 0 Å². The minimum Gasteiger partial charge on any atom is -0.388 e. The predicted octanol–water partition coefficient (Wildman–Crippen LogP) is 7.89. The minimum atomic E-state index is -1.32. The normalized spacial score (nSPS) is 17.7. The van der Waals surface area contributed by atoms with Crippen molar-refractivity contribution in [3.63, 3.8) is 0 Å². The molecule has 1 fully saturated rings. The van der Waals surface area contributed by atoms with Crippen molar-refractivity contribution in [2.75, 3.05) is 23.0 Å². The molecule has 5 nitrogen and oxygen atoms in total. The summed E-state index contributed by atoms with van der Waals surface area (Å²) in [4.78, 5) is 25.8. The highest BCUT2D eigenvalue weighted by Gasteiger charge is 2.67. The maximum absolute atomic E-state index is 13.0. The Morgan fingerprint density at radius 3 is 1.97 bits per heavy atom.